The van der Waals surface area contributed by atoms with Gasteiger partial charge in [0, 0.05) is 6.04 Å². The molecule has 0 radical (unpaired) electrons. The molecule has 1 amide bonds. The van der Waals surface area contributed by atoms with Gasteiger partial charge < -0.3 is 10.6 Å². The van der Waals surface area contributed by atoms with Crippen molar-refractivity contribution in [2.45, 2.75) is 45.7 Å². The van der Waals surface area contributed by atoms with Gasteiger partial charge in [0.15, 0.2) is 0 Å². The third-order valence-corrected chi connectivity index (χ3v) is 3.70. The smallest absolute Gasteiger partial charge is 0.237 e. The molecule has 1 aliphatic heterocycles. The minimum Gasteiger partial charge on any atom is -0.348 e. The minimum atomic E-state index is -0.247. The van der Waals surface area contributed by atoms with Crippen molar-refractivity contribution in [2.24, 2.45) is 5.41 Å². The molecule has 0 aromatic rings. The molecule has 2 aliphatic rings. The van der Waals surface area contributed by atoms with E-state index < -0.39 is 0 Å². The molecule has 16 heavy (non-hydrogen) atoms. The first-order valence-electron chi connectivity index (χ1n) is 5.78. The van der Waals surface area contributed by atoms with Gasteiger partial charge in [-0.15, -0.1) is 0 Å². The lowest BCUT2D eigenvalue weighted by atomic mass is 10.0. The van der Waals surface area contributed by atoms with Crippen LogP contribution in [0.15, 0.2) is 11.4 Å². The van der Waals surface area contributed by atoms with Gasteiger partial charge in [0.2, 0.25) is 5.91 Å². The van der Waals surface area contributed by atoms with E-state index in [9.17, 15) is 9.18 Å². The standard InChI is InChI=1S/C12H19FN2O/c1-7(2)8(13)6-14-11(16)9-4-12(3)5-10(12)15-9/h9-10,15H,4-6H2,1-3H3,(H,14,16). The first-order chi connectivity index (χ1) is 7.42. The van der Waals surface area contributed by atoms with E-state index in [0.29, 0.717) is 17.0 Å². The molecular weight excluding hydrogens is 207 g/mol. The summed E-state index contributed by atoms with van der Waals surface area (Å²) in [6.07, 6.45) is 2.04. The van der Waals surface area contributed by atoms with Crippen molar-refractivity contribution in [3.05, 3.63) is 11.4 Å². The molecule has 3 atom stereocenters. The predicted octanol–water partition coefficient (Wildman–Crippen LogP) is 1.51. The molecule has 1 saturated carbocycles. The number of fused-ring (bicyclic) bond motifs is 1. The summed E-state index contributed by atoms with van der Waals surface area (Å²) >= 11 is 0. The van der Waals surface area contributed by atoms with Crippen molar-refractivity contribution in [3.8, 4) is 0 Å². The van der Waals surface area contributed by atoms with Crippen molar-refractivity contribution in [3.63, 3.8) is 0 Å². The number of hydrogen-bond donors (Lipinski definition) is 2. The SMILES string of the molecule is CC(C)=C(F)CNC(=O)C1CC2(C)CC2N1. The van der Waals surface area contributed by atoms with Gasteiger partial charge in [-0.2, -0.15) is 0 Å². The quantitative estimate of drug-likeness (QED) is 0.766. The Balaban J connectivity index is 1.80. The summed E-state index contributed by atoms with van der Waals surface area (Å²) in [5.41, 5.74) is 0.936. The summed E-state index contributed by atoms with van der Waals surface area (Å²) in [6.45, 7) is 5.60. The van der Waals surface area contributed by atoms with E-state index in [-0.39, 0.29) is 24.3 Å². The molecule has 2 rings (SSSR count). The first kappa shape index (κ1) is 11.6. The molecule has 0 bridgehead atoms. The van der Waals surface area contributed by atoms with Crippen molar-refractivity contribution in [1.82, 2.24) is 10.6 Å². The first-order valence-corrected chi connectivity index (χ1v) is 5.78. The van der Waals surface area contributed by atoms with Crippen LogP contribution < -0.4 is 10.6 Å². The van der Waals surface area contributed by atoms with E-state index in [2.05, 4.69) is 17.6 Å². The highest BCUT2D eigenvalue weighted by Gasteiger charge is 2.57. The summed E-state index contributed by atoms with van der Waals surface area (Å²) in [4.78, 5) is 11.7. The normalized spacial score (nSPS) is 35.5. The second kappa shape index (κ2) is 3.84. The van der Waals surface area contributed by atoms with E-state index in [1.54, 1.807) is 13.8 Å². The fourth-order valence-corrected chi connectivity index (χ4v) is 2.29. The number of hydrogen-bond acceptors (Lipinski definition) is 2. The van der Waals surface area contributed by atoms with Crippen LogP contribution in [0.2, 0.25) is 0 Å². The molecule has 90 valence electrons. The second-order valence-corrected chi connectivity index (χ2v) is 5.46. The van der Waals surface area contributed by atoms with Crippen LogP contribution in [0.1, 0.15) is 33.6 Å². The Kier molecular flexibility index (Phi) is 2.78. The summed E-state index contributed by atoms with van der Waals surface area (Å²) < 4.78 is 13.2. The number of nitrogens with one attached hydrogen (secondary N) is 2. The molecule has 0 aromatic carbocycles. The molecule has 0 spiro atoms. The fraction of sp³-hybridized carbons (Fsp3) is 0.750. The molecule has 4 heteroatoms. The van der Waals surface area contributed by atoms with Crippen LogP contribution in [0.3, 0.4) is 0 Å². The Morgan fingerprint density at radius 3 is 2.69 bits per heavy atom. The Morgan fingerprint density at radius 1 is 1.50 bits per heavy atom. The lowest BCUT2D eigenvalue weighted by Gasteiger charge is -2.14. The maximum atomic E-state index is 13.2. The Bertz CT molecular complexity index is 349. The number of rotatable bonds is 3. The maximum absolute atomic E-state index is 13.2. The average Bonchev–Trinajstić information content (AvgIpc) is 2.73. The minimum absolute atomic E-state index is 0.0146. The molecule has 3 nitrogen and oxygen atoms in total. The highest BCUT2D eigenvalue weighted by Crippen LogP contribution is 2.53. The number of amides is 1. The lowest BCUT2D eigenvalue weighted by Crippen LogP contribution is -2.42. The Hall–Kier alpha value is -0.900. The molecule has 2 N–H and O–H groups in total. The third kappa shape index (κ3) is 2.12. The topological polar surface area (TPSA) is 41.1 Å². The number of piperidine rings is 1. The molecule has 0 aromatic heterocycles. The average molecular weight is 226 g/mol. The highest BCUT2D eigenvalue weighted by molar-refractivity contribution is 5.82. The largest absolute Gasteiger partial charge is 0.348 e. The Morgan fingerprint density at radius 2 is 2.19 bits per heavy atom. The summed E-state index contributed by atoms with van der Waals surface area (Å²) in [5.74, 6) is -0.326. The second-order valence-electron chi connectivity index (χ2n) is 5.46. The zero-order valence-electron chi connectivity index (χ0n) is 10.1. The van der Waals surface area contributed by atoms with Crippen molar-refractivity contribution < 1.29 is 9.18 Å². The number of carbonyl (C=O) groups is 1. The number of carbonyl (C=O) groups excluding carboxylic acids is 1. The summed E-state index contributed by atoms with van der Waals surface area (Å²) in [6, 6.07) is 0.366. The van der Waals surface area contributed by atoms with E-state index in [0.717, 1.165) is 6.42 Å². The summed E-state index contributed by atoms with van der Waals surface area (Å²) in [7, 11) is 0. The van der Waals surface area contributed by atoms with Crippen LogP contribution in [0, 0.1) is 5.41 Å². The molecule has 1 heterocycles. The molecule has 1 saturated heterocycles. The molecular formula is C12H19FN2O. The highest BCUT2D eigenvalue weighted by atomic mass is 19.1. The van der Waals surface area contributed by atoms with Crippen molar-refractivity contribution >= 4 is 5.91 Å². The van der Waals surface area contributed by atoms with Crippen LogP contribution in [0.25, 0.3) is 0 Å². The zero-order chi connectivity index (χ0) is 11.9. The van der Waals surface area contributed by atoms with Gasteiger partial charge >= 0.3 is 0 Å². The maximum Gasteiger partial charge on any atom is 0.237 e. The van der Waals surface area contributed by atoms with E-state index in [1.165, 1.54) is 6.42 Å². The third-order valence-electron chi connectivity index (χ3n) is 3.70. The van der Waals surface area contributed by atoms with Gasteiger partial charge in [0.05, 0.1) is 12.6 Å². The van der Waals surface area contributed by atoms with Gasteiger partial charge in [-0.25, -0.2) is 4.39 Å². The number of allylic oxidation sites excluding steroid dienone is 1. The van der Waals surface area contributed by atoms with E-state index in [4.69, 9.17) is 0 Å². The molecule has 2 fully saturated rings. The van der Waals surface area contributed by atoms with Crippen LogP contribution in [0.5, 0.6) is 0 Å². The van der Waals surface area contributed by atoms with Gasteiger partial charge in [-0.05, 0) is 37.7 Å². The van der Waals surface area contributed by atoms with Gasteiger partial charge in [-0.1, -0.05) is 6.92 Å². The van der Waals surface area contributed by atoms with Crippen molar-refractivity contribution in [1.29, 1.82) is 0 Å². The molecule has 3 unspecified atom stereocenters. The van der Waals surface area contributed by atoms with Crippen LogP contribution in [-0.4, -0.2) is 24.5 Å². The van der Waals surface area contributed by atoms with Gasteiger partial charge in [0.25, 0.3) is 0 Å². The monoisotopic (exact) mass is 226 g/mol. The number of halogens is 1. The van der Waals surface area contributed by atoms with Crippen LogP contribution >= 0.6 is 0 Å². The molecule has 1 aliphatic carbocycles. The van der Waals surface area contributed by atoms with Gasteiger partial charge in [-0.3, -0.25) is 4.79 Å². The van der Waals surface area contributed by atoms with Crippen LogP contribution in [0.4, 0.5) is 4.39 Å². The summed E-state index contributed by atoms with van der Waals surface area (Å²) in [5, 5.41) is 5.90. The fourth-order valence-electron chi connectivity index (χ4n) is 2.29. The van der Waals surface area contributed by atoms with E-state index >= 15 is 0 Å². The lowest BCUT2D eigenvalue weighted by molar-refractivity contribution is -0.123. The van der Waals surface area contributed by atoms with Gasteiger partial charge in [0.1, 0.15) is 5.83 Å². The van der Waals surface area contributed by atoms with E-state index in [1.807, 2.05) is 0 Å². The van der Waals surface area contributed by atoms with Crippen LogP contribution in [-0.2, 0) is 4.79 Å². The van der Waals surface area contributed by atoms with Crippen molar-refractivity contribution in [2.75, 3.05) is 6.54 Å². The zero-order valence-corrected chi connectivity index (χ0v) is 10.1. The predicted molar refractivity (Wildman–Crippen MR) is 60.5 cm³/mol. The Labute approximate surface area is 95.5 Å².